The van der Waals surface area contributed by atoms with Gasteiger partial charge in [-0.3, -0.25) is 0 Å². The first-order valence-electron chi connectivity index (χ1n) is 4.65. The Morgan fingerprint density at radius 3 is 3.42 bits per heavy atom. The zero-order valence-corrected chi connectivity index (χ0v) is 7.51. The average molecular weight is 165 g/mol. The van der Waals surface area contributed by atoms with Crippen molar-refractivity contribution >= 4 is 0 Å². The summed E-state index contributed by atoms with van der Waals surface area (Å²) in [6.07, 6.45) is 4.30. The molecule has 0 spiro atoms. The van der Waals surface area contributed by atoms with E-state index >= 15 is 0 Å². The van der Waals surface area contributed by atoms with Crippen LogP contribution in [-0.2, 0) is 19.5 Å². The first kappa shape index (κ1) is 7.80. The number of imidazole rings is 1. The maximum atomic E-state index is 4.38. The van der Waals surface area contributed by atoms with E-state index in [-0.39, 0.29) is 0 Å². The highest BCUT2D eigenvalue weighted by molar-refractivity contribution is 5.16. The molecular formula is C9H15N3. The lowest BCUT2D eigenvalue weighted by atomic mass is 10.2. The Labute approximate surface area is 72.8 Å². The van der Waals surface area contributed by atoms with Crippen molar-refractivity contribution in [1.29, 1.82) is 0 Å². The molecule has 66 valence electrons. The Morgan fingerprint density at radius 2 is 2.58 bits per heavy atom. The summed E-state index contributed by atoms with van der Waals surface area (Å²) in [7, 11) is 0. The predicted molar refractivity (Wildman–Crippen MR) is 47.9 cm³/mol. The van der Waals surface area contributed by atoms with Crippen LogP contribution in [0.4, 0.5) is 0 Å². The summed E-state index contributed by atoms with van der Waals surface area (Å²) in [6.45, 7) is 5.37. The molecule has 0 bridgehead atoms. The van der Waals surface area contributed by atoms with Gasteiger partial charge in [0.25, 0.3) is 0 Å². The summed E-state index contributed by atoms with van der Waals surface area (Å²) >= 11 is 0. The summed E-state index contributed by atoms with van der Waals surface area (Å²) in [5.74, 6) is 0. The molecule has 12 heavy (non-hydrogen) atoms. The molecule has 2 heterocycles. The SMILES string of the molecule is CCCn1cnc2c1CCNC2. The van der Waals surface area contributed by atoms with Crippen LogP contribution >= 0.6 is 0 Å². The number of nitrogens with one attached hydrogen (secondary N) is 1. The van der Waals surface area contributed by atoms with Crippen LogP contribution in [0.15, 0.2) is 6.33 Å². The molecule has 0 radical (unpaired) electrons. The summed E-state index contributed by atoms with van der Waals surface area (Å²) < 4.78 is 2.29. The molecule has 0 saturated carbocycles. The monoisotopic (exact) mass is 165 g/mol. The Hall–Kier alpha value is -0.830. The smallest absolute Gasteiger partial charge is 0.0952 e. The Morgan fingerprint density at radius 1 is 1.67 bits per heavy atom. The van der Waals surface area contributed by atoms with Crippen molar-refractivity contribution in [2.24, 2.45) is 0 Å². The molecule has 0 aliphatic carbocycles. The number of aryl methyl sites for hydroxylation is 1. The van der Waals surface area contributed by atoms with Gasteiger partial charge in [-0.15, -0.1) is 0 Å². The predicted octanol–water partition coefficient (Wildman–Crippen LogP) is 0.939. The fourth-order valence-corrected chi connectivity index (χ4v) is 1.73. The van der Waals surface area contributed by atoms with Crippen LogP contribution in [0.2, 0.25) is 0 Å². The minimum Gasteiger partial charge on any atom is -0.334 e. The molecule has 0 fully saturated rings. The van der Waals surface area contributed by atoms with E-state index in [0.717, 1.165) is 26.1 Å². The highest BCUT2D eigenvalue weighted by Crippen LogP contribution is 2.12. The summed E-state index contributed by atoms with van der Waals surface area (Å²) in [6, 6.07) is 0. The third kappa shape index (κ3) is 1.25. The molecule has 1 aromatic heterocycles. The van der Waals surface area contributed by atoms with Gasteiger partial charge in [0, 0.05) is 31.7 Å². The molecule has 0 unspecified atom stereocenters. The van der Waals surface area contributed by atoms with Gasteiger partial charge in [0.05, 0.1) is 12.0 Å². The van der Waals surface area contributed by atoms with Crippen molar-refractivity contribution in [3.63, 3.8) is 0 Å². The summed E-state index contributed by atoms with van der Waals surface area (Å²) in [4.78, 5) is 4.38. The first-order valence-corrected chi connectivity index (χ1v) is 4.65. The van der Waals surface area contributed by atoms with Gasteiger partial charge in [-0.25, -0.2) is 4.98 Å². The van der Waals surface area contributed by atoms with E-state index < -0.39 is 0 Å². The zero-order valence-electron chi connectivity index (χ0n) is 7.51. The Bertz CT molecular complexity index is 265. The van der Waals surface area contributed by atoms with Crippen LogP contribution in [-0.4, -0.2) is 16.1 Å². The lowest BCUT2D eigenvalue weighted by Crippen LogP contribution is -2.25. The van der Waals surface area contributed by atoms with E-state index in [1.165, 1.54) is 17.8 Å². The molecule has 1 aromatic rings. The topological polar surface area (TPSA) is 29.9 Å². The maximum Gasteiger partial charge on any atom is 0.0952 e. The number of rotatable bonds is 2. The standard InChI is InChI=1S/C9H15N3/c1-2-5-12-7-11-8-6-10-4-3-9(8)12/h7,10H,2-6H2,1H3. The van der Waals surface area contributed by atoms with Gasteiger partial charge < -0.3 is 9.88 Å². The van der Waals surface area contributed by atoms with Gasteiger partial charge >= 0.3 is 0 Å². The van der Waals surface area contributed by atoms with Crippen LogP contribution in [0, 0.1) is 0 Å². The lowest BCUT2D eigenvalue weighted by molar-refractivity contribution is 0.581. The first-order chi connectivity index (χ1) is 5.92. The molecule has 0 saturated heterocycles. The molecule has 3 nitrogen and oxygen atoms in total. The van der Waals surface area contributed by atoms with Gasteiger partial charge in [-0.2, -0.15) is 0 Å². The maximum absolute atomic E-state index is 4.38. The minimum absolute atomic E-state index is 0.950. The quantitative estimate of drug-likeness (QED) is 0.706. The number of fused-ring (bicyclic) bond motifs is 1. The molecule has 3 heteroatoms. The van der Waals surface area contributed by atoms with E-state index in [9.17, 15) is 0 Å². The van der Waals surface area contributed by atoms with E-state index in [2.05, 4.69) is 21.8 Å². The zero-order chi connectivity index (χ0) is 8.39. The molecule has 1 aliphatic heterocycles. The van der Waals surface area contributed by atoms with E-state index in [1.54, 1.807) is 0 Å². The second kappa shape index (κ2) is 3.27. The lowest BCUT2D eigenvalue weighted by Gasteiger charge is -2.14. The van der Waals surface area contributed by atoms with Crippen molar-refractivity contribution in [2.75, 3.05) is 6.54 Å². The second-order valence-corrected chi connectivity index (χ2v) is 3.26. The van der Waals surface area contributed by atoms with Crippen molar-refractivity contribution in [2.45, 2.75) is 32.9 Å². The van der Waals surface area contributed by atoms with Crippen molar-refractivity contribution < 1.29 is 0 Å². The minimum atomic E-state index is 0.950. The van der Waals surface area contributed by atoms with Gasteiger partial charge in [-0.1, -0.05) is 6.92 Å². The number of nitrogens with zero attached hydrogens (tertiary/aromatic N) is 2. The fraction of sp³-hybridized carbons (Fsp3) is 0.667. The fourth-order valence-electron chi connectivity index (χ4n) is 1.73. The largest absolute Gasteiger partial charge is 0.334 e. The summed E-state index contributed by atoms with van der Waals surface area (Å²) in [5, 5.41) is 3.32. The van der Waals surface area contributed by atoms with Gasteiger partial charge in [0.1, 0.15) is 0 Å². The van der Waals surface area contributed by atoms with Gasteiger partial charge in [-0.05, 0) is 6.42 Å². The van der Waals surface area contributed by atoms with Crippen LogP contribution in [0.3, 0.4) is 0 Å². The molecule has 0 amide bonds. The second-order valence-electron chi connectivity index (χ2n) is 3.26. The van der Waals surface area contributed by atoms with Crippen molar-refractivity contribution in [3.05, 3.63) is 17.7 Å². The third-order valence-corrected chi connectivity index (χ3v) is 2.33. The molecular weight excluding hydrogens is 150 g/mol. The third-order valence-electron chi connectivity index (χ3n) is 2.33. The van der Waals surface area contributed by atoms with Crippen LogP contribution in [0.25, 0.3) is 0 Å². The normalized spacial score (nSPS) is 16.1. The van der Waals surface area contributed by atoms with Crippen LogP contribution in [0.5, 0.6) is 0 Å². The molecule has 0 atom stereocenters. The van der Waals surface area contributed by atoms with Crippen molar-refractivity contribution in [3.8, 4) is 0 Å². The van der Waals surface area contributed by atoms with Crippen LogP contribution < -0.4 is 5.32 Å². The van der Waals surface area contributed by atoms with Gasteiger partial charge in [0.15, 0.2) is 0 Å². The van der Waals surface area contributed by atoms with E-state index in [4.69, 9.17) is 0 Å². The molecule has 1 N–H and O–H groups in total. The van der Waals surface area contributed by atoms with Gasteiger partial charge in [0.2, 0.25) is 0 Å². The average Bonchev–Trinajstić information content (AvgIpc) is 2.50. The molecule has 1 aliphatic rings. The summed E-state index contributed by atoms with van der Waals surface area (Å²) in [5.41, 5.74) is 2.69. The molecule has 0 aromatic carbocycles. The highest BCUT2D eigenvalue weighted by Gasteiger charge is 2.13. The van der Waals surface area contributed by atoms with Crippen molar-refractivity contribution in [1.82, 2.24) is 14.9 Å². The Balaban J connectivity index is 2.25. The highest BCUT2D eigenvalue weighted by atomic mass is 15.1. The number of hydrogen-bond donors (Lipinski definition) is 1. The van der Waals surface area contributed by atoms with E-state index in [0.29, 0.717) is 0 Å². The van der Waals surface area contributed by atoms with Crippen LogP contribution in [0.1, 0.15) is 24.7 Å². The number of aromatic nitrogens is 2. The van der Waals surface area contributed by atoms with E-state index in [1.807, 2.05) is 6.33 Å². The Kier molecular flexibility index (Phi) is 2.13. The molecule has 2 rings (SSSR count). The number of hydrogen-bond acceptors (Lipinski definition) is 2.